The summed E-state index contributed by atoms with van der Waals surface area (Å²) in [6.07, 6.45) is -1.42. The molecule has 0 saturated carbocycles. The molecule has 7 fully saturated rings. The van der Waals surface area contributed by atoms with E-state index in [1.54, 1.807) is 34.6 Å². The van der Waals surface area contributed by atoms with Crippen molar-refractivity contribution in [2.45, 2.75) is 266 Å². The van der Waals surface area contributed by atoms with Gasteiger partial charge in [0.2, 0.25) is 67.2 Å². The predicted molar refractivity (Wildman–Crippen MR) is 445 cm³/mol. The molecule has 3 aromatic rings. The molecule has 12 aliphatic rings. The lowest BCUT2D eigenvalue weighted by Crippen LogP contribution is -2.48. The highest BCUT2D eigenvalue weighted by Crippen LogP contribution is 2.58. The summed E-state index contributed by atoms with van der Waals surface area (Å²) in [7, 11) is 0. The number of H-pyrrole nitrogens is 2. The van der Waals surface area contributed by atoms with Gasteiger partial charge in [-0.05, 0) is 63.8 Å². The molecule has 12 aliphatic heterocycles. The van der Waals surface area contributed by atoms with E-state index in [4.69, 9.17) is 43.0 Å². The van der Waals surface area contributed by atoms with E-state index in [2.05, 4.69) is 4.98 Å². The molecule has 0 aromatic carbocycles. The first kappa shape index (κ1) is 109. The number of ether oxygens (including phenoxy) is 8. The molecule has 15 heterocycles. The lowest BCUT2D eigenvalue weighted by molar-refractivity contribution is -0.175. The number of hydrogen-bond donors (Lipinski definition) is 7. The number of ketones is 4. The number of aliphatic hydroxyl groups is 5. The summed E-state index contributed by atoms with van der Waals surface area (Å²) in [6, 6.07) is 2.87. The summed E-state index contributed by atoms with van der Waals surface area (Å²) in [5, 5.41) is 46.0. The maximum absolute atomic E-state index is 14.5. The van der Waals surface area contributed by atoms with Crippen LogP contribution in [0.2, 0.25) is 0 Å². The third-order valence-electron chi connectivity index (χ3n) is 27.3. The van der Waals surface area contributed by atoms with Gasteiger partial charge < -0.3 is 63.4 Å². The molecule has 0 aliphatic carbocycles. The van der Waals surface area contributed by atoms with E-state index in [1.165, 1.54) is 54.7 Å². The van der Waals surface area contributed by atoms with Crippen LogP contribution < -0.4 is 32.8 Å². The molecule has 135 heavy (non-hydrogen) atoms. The number of alkyl halides is 15. The summed E-state index contributed by atoms with van der Waals surface area (Å²) in [5.41, 5.74) is -11.6. The average molecular weight is 2060 g/mol. The second kappa shape index (κ2) is 40.7. The molecular formula is C84H105F14IN10O26. The SMILES string of the molecule is CCC1(CC)O[C@@H](N2C=CC(=O)CC2=O)C(F)(F)[C@@H]1C.CC[C@@]1(C)O[C@@H](N2C=CC(=O)CC2=O)C(F)(F)[C@@H]1C.CC[C@]12COc3nc(=O)ccn3[C@H](O1)C(F)(F)[C@@H]2C.C[C@@H]1C(CO)(CO)O[C@@H](n2ccc(=O)[nH]c2=O)C1(F)F.C[C@@H]1[C@@H](CO)O[C@@H](n2ccc(=O)[nH]c2=O)C1(F)F.C[C@H]1C(F)(F)[C@H](N2C=CC(=O)CC2=O)O[C@@]1(CO)CI.C[C@H]1C(F)(F)[C@H](N2C=CC(=O)CC2=O)O[C@]1(C)CO. The molecule has 0 radical (unpaired) electrons. The smallest absolute Gasteiger partial charge is 0.330 e. The molecular weight excluding hydrogens is 1960 g/mol. The molecule has 3 aromatic heterocycles. The minimum absolute atomic E-state index is 0.0345. The Morgan fingerprint density at radius 1 is 0.393 bits per heavy atom. The monoisotopic (exact) mass is 2060 g/mol. The second-order valence-electron chi connectivity index (χ2n) is 34.8. The Kier molecular flexibility index (Phi) is 33.0. The number of carbonyl (C=O) groups is 8. The lowest BCUT2D eigenvalue weighted by Gasteiger charge is -2.32. The molecule has 7 N–H and O–H groups in total. The van der Waals surface area contributed by atoms with Crippen LogP contribution in [0.1, 0.15) is 160 Å². The van der Waals surface area contributed by atoms with E-state index in [0.29, 0.717) is 34.8 Å². The molecule has 15 rings (SSSR count). The topological polar surface area (TPSA) is 469 Å². The number of nitrogens with zero attached hydrogens (tertiary/aromatic N) is 8. The molecule has 0 unspecified atom stereocenters. The highest BCUT2D eigenvalue weighted by Gasteiger charge is 2.71. The Balaban J connectivity index is 0.000000177. The maximum Gasteiger partial charge on any atom is 0.330 e. The fraction of sp³-hybridized carbons (Fsp3) is 0.667. The van der Waals surface area contributed by atoms with Crippen molar-refractivity contribution in [1.29, 1.82) is 0 Å². The van der Waals surface area contributed by atoms with E-state index in [-0.39, 0.29) is 41.5 Å². The first-order chi connectivity index (χ1) is 62.6. The van der Waals surface area contributed by atoms with E-state index < -0.39 is 275 Å². The zero-order chi connectivity index (χ0) is 102. The number of allylic oxidation sites excluding steroid dienone is 4. The number of halogens is 15. The van der Waals surface area contributed by atoms with Crippen LogP contribution in [-0.2, 0) is 71.5 Å². The van der Waals surface area contributed by atoms with Crippen LogP contribution in [0.5, 0.6) is 6.01 Å². The zero-order valence-corrected chi connectivity index (χ0v) is 77.1. The molecule has 4 amide bonds. The number of hydrogen-bond acceptors (Lipinski definition) is 27. The number of rotatable bonds is 16. The number of aromatic amines is 2. The van der Waals surface area contributed by atoms with Gasteiger partial charge in [0.15, 0.2) is 23.1 Å². The first-order valence-electron chi connectivity index (χ1n) is 42.5. The van der Waals surface area contributed by atoms with Crippen molar-refractivity contribution in [1.82, 2.24) is 48.3 Å². The van der Waals surface area contributed by atoms with E-state index >= 15 is 0 Å². The molecule has 36 nitrogen and oxygen atoms in total. The van der Waals surface area contributed by atoms with Crippen LogP contribution in [0.4, 0.5) is 61.5 Å². The number of carbonyl (C=O) groups excluding carboxylic acids is 8. The summed E-state index contributed by atoms with van der Waals surface area (Å²) < 4.78 is 245. The van der Waals surface area contributed by atoms with Gasteiger partial charge in [0, 0.05) is 66.0 Å². The zero-order valence-electron chi connectivity index (χ0n) is 74.9. The van der Waals surface area contributed by atoms with Gasteiger partial charge in [-0.2, -0.15) is 4.98 Å². The summed E-state index contributed by atoms with van der Waals surface area (Å²) in [4.78, 5) is 158. The number of nitrogens with one attached hydrogen (secondary N) is 2. The Bertz CT molecular complexity index is 5190. The summed E-state index contributed by atoms with van der Waals surface area (Å²) in [6.45, 7) is 16.0. The summed E-state index contributed by atoms with van der Waals surface area (Å²) >= 11 is 1.87. The fourth-order valence-corrected chi connectivity index (χ4v) is 17.9. The second-order valence-corrected chi connectivity index (χ2v) is 35.5. The van der Waals surface area contributed by atoms with Crippen molar-refractivity contribution in [3.05, 3.63) is 138 Å². The lowest BCUT2D eigenvalue weighted by atomic mass is 9.82. The standard InChI is InChI=1S/C14H19F2NO3.C13H17F2NO3.C12H14F2INO4.C12H14F2N2O3.C12H15F2NO4.C11H14F2N2O5.C10H12F2N2O4/c1-4-13(5-2)9(3)14(15,16)12(20-13)17-7-6-10(18)8-11(17)19;1-4-12(3)8(2)13(14,15)11(19-12)16-6-5-9(17)7-10(16)18;1-7-11(5-15,6-17)20-10(12(7,13)14)16-3-2-8(18)4-9(16)19;1-3-11-6-18-10-15-8(17)4-5-16(10)9(19-11)12(13,14)7(11)2;1-7-11(2,6-16)19-10(12(7,13)14)15-4-3-8(17)5-9(15)18;1-6-10(4-16,5-17)20-8(11(6,12)13)15-3-2-7(18)14-9(15)19;1-5-6(4-15)18-8(10(5,11)12)14-3-2-7(16)13-9(14)17/h6-7,9,12H,4-5,8H2,1-3H3;5-6,8,11H,4,7H2,1-3H3;2-3,7,10,17H,4-6H2,1H3;4-5,7,9H,3,6H2,1-2H3;3-4,7,10,16H,5-6H2,1-2H3;2-3,6,8,16-17H,4-5H2,1H3,(H,14,18,19);2-3,5-6,8,15H,4H2,1H3,(H,13,16,17)/t9-,12-;8-,11-,12-;7-,10-,11-;7-,9-,11-;7-,10-,11-;6-,8-;5-,6-,8-/m1111111/s1. The summed E-state index contributed by atoms with van der Waals surface area (Å²) in [5.74, 6) is -35.3. The van der Waals surface area contributed by atoms with Crippen molar-refractivity contribution in [3.63, 3.8) is 0 Å². The van der Waals surface area contributed by atoms with Crippen LogP contribution in [0.15, 0.2) is 110 Å². The fourth-order valence-electron chi connectivity index (χ4n) is 16.9. The van der Waals surface area contributed by atoms with Crippen LogP contribution >= 0.6 is 22.6 Å². The van der Waals surface area contributed by atoms with E-state index in [0.717, 1.165) is 111 Å². The van der Waals surface area contributed by atoms with Gasteiger partial charge >= 0.3 is 17.4 Å². The van der Waals surface area contributed by atoms with Crippen LogP contribution in [0.25, 0.3) is 0 Å². The van der Waals surface area contributed by atoms with Gasteiger partial charge in [0.25, 0.3) is 58.1 Å². The quantitative estimate of drug-likeness (QED) is 0.0339. The molecule has 2 bridgehead atoms. The van der Waals surface area contributed by atoms with Crippen molar-refractivity contribution < 1.29 is 163 Å². The molecule has 19 atom stereocenters. The largest absolute Gasteiger partial charge is 0.461 e. The highest BCUT2D eigenvalue weighted by atomic mass is 127. The maximum atomic E-state index is 14.5. The third-order valence-corrected chi connectivity index (χ3v) is 28.5. The van der Waals surface area contributed by atoms with Crippen LogP contribution in [0, 0.1) is 41.4 Å². The van der Waals surface area contributed by atoms with Crippen molar-refractivity contribution in [2.24, 2.45) is 41.4 Å². The number of aliphatic hydroxyl groups excluding tert-OH is 5. The van der Waals surface area contributed by atoms with Crippen LogP contribution in [-0.4, -0.2) is 271 Å². The van der Waals surface area contributed by atoms with Gasteiger partial charge in [0.05, 0.1) is 123 Å². The Morgan fingerprint density at radius 2 is 0.733 bits per heavy atom. The Labute approximate surface area is 773 Å². The Morgan fingerprint density at radius 3 is 1.06 bits per heavy atom. The normalized spacial score (nSPS) is 34.0. The molecule has 7 saturated heterocycles. The van der Waals surface area contributed by atoms with Gasteiger partial charge in [-0.15, -0.1) is 0 Å². The van der Waals surface area contributed by atoms with Gasteiger partial charge in [-0.3, -0.25) is 96.0 Å². The van der Waals surface area contributed by atoms with Gasteiger partial charge in [-0.25, -0.2) is 71.1 Å². The van der Waals surface area contributed by atoms with Gasteiger partial charge in [0.1, 0.15) is 23.4 Å². The number of amides is 4. The van der Waals surface area contributed by atoms with Crippen LogP contribution in [0.3, 0.4) is 0 Å². The minimum Gasteiger partial charge on any atom is -0.461 e. The van der Waals surface area contributed by atoms with Gasteiger partial charge in [-0.1, -0.05) is 98.8 Å². The van der Waals surface area contributed by atoms with Crippen molar-refractivity contribution in [2.75, 3.05) is 44.1 Å². The highest BCUT2D eigenvalue weighted by molar-refractivity contribution is 14.1. The van der Waals surface area contributed by atoms with E-state index in [1.807, 2.05) is 32.6 Å². The number of fused-ring (bicyclic) bond motifs is 4. The molecule has 752 valence electrons. The third kappa shape index (κ3) is 20.5. The van der Waals surface area contributed by atoms with Crippen molar-refractivity contribution in [3.8, 4) is 6.01 Å². The van der Waals surface area contributed by atoms with Crippen molar-refractivity contribution >= 4 is 69.4 Å². The predicted octanol–water partition coefficient (Wildman–Crippen LogP) is 6.70. The minimum atomic E-state index is -3.51. The molecule has 51 heteroatoms. The average Bonchev–Trinajstić information content (AvgIpc) is 1.54. The number of aromatic nitrogens is 6. The first-order valence-corrected chi connectivity index (χ1v) is 44.0. The van der Waals surface area contributed by atoms with E-state index in [9.17, 15) is 144 Å². The molecule has 0 spiro atoms. The Hall–Kier alpha value is -9.17.